The molecule has 0 aromatic carbocycles. The second-order valence-corrected chi connectivity index (χ2v) is 3.60. The zero-order valence-corrected chi connectivity index (χ0v) is 8.97. The Kier molecular flexibility index (Phi) is 3.49. The van der Waals surface area contributed by atoms with Gasteiger partial charge in [-0.2, -0.15) is 0 Å². The van der Waals surface area contributed by atoms with Gasteiger partial charge in [-0.25, -0.2) is 4.98 Å². The minimum atomic E-state index is -0.382. The molecule has 0 saturated carbocycles. The fourth-order valence-electron chi connectivity index (χ4n) is 1.37. The van der Waals surface area contributed by atoms with Crippen molar-refractivity contribution >= 4 is 17.4 Å². The fraction of sp³-hybridized carbons (Fsp3) is 0.400. The van der Waals surface area contributed by atoms with Crippen molar-refractivity contribution in [2.24, 2.45) is 5.73 Å². The largest absolute Gasteiger partial charge is 0.382 e. The number of nitrogens with two attached hydrogens (primary N) is 2. The van der Waals surface area contributed by atoms with Gasteiger partial charge in [0.05, 0.1) is 12.2 Å². The molecule has 1 heterocycles. The second kappa shape index (κ2) is 4.63. The van der Waals surface area contributed by atoms with E-state index in [-0.39, 0.29) is 18.5 Å². The predicted molar refractivity (Wildman–Crippen MR) is 60.3 cm³/mol. The minimum absolute atomic E-state index is 0.143. The lowest BCUT2D eigenvalue weighted by molar-refractivity contribution is -0.116. The van der Waals surface area contributed by atoms with Gasteiger partial charge < -0.3 is 16.4 Å². The Hall–Kier alpha value is -1.78. The molecule has 5 nitrogen and oxygen atoms in total. The summed E-state index contributed by atoms with van der Waals surface area (Å²) in [6.45, 7) is 4.08. The predicted octanol–water partition coefficient (Wildman–Crippen LogP) is 0.364. The van der Waals surface area contributed by atoms with E-state index in [2.05, 4.69) is 4.98 Å². The number of hydrogen-bond donors (Lipinski definition) is 2. The third-order valence-electron chi connectivity index (χ3n) is 2.08. The summed E-state index contributed by atoms with van der Waals surface area (Å²) in [5.41, 5.74) is 11.6. The standard InChI is InChI=1S/C10H16N4O/c1-7(2)14(6-9(11)15)8-4-3-5-13-10(8)12/h3-5,7H,6H2,1-2H3,(H2,11,15)(H2,12,13). The molecule has 15 heavy (non-hydrogen) atoms. The molecule has 1 amide bonds. The van der Waals surface area contributed by atoms with Crippen LogP contribution < -0.4 is 16.4 Å². The minimum Gasteiger partial charge on any atom is -0.382 e. The van der Waals surface area contributed by atoms with E-state index in [1.54, 1.807) is 12.3 Å². The number of carbonyl (C=O) groups is 1. The molecule has 4 N–H and O–H groups in total. The first kappa shape index (κ1) is 11.3. The van der Waals surface area contributed by atoms with Gasteiger partial charge in [0.15, 0.2) is 0 Å². The van der Waals surface area contributed by atoms with Crippen LogP contribution in [0.25, 0.3) is 0 Å². The molecule has 0 fully saturated rings. The maximum atomic E-state index is 10.9. The van der Waals surface area contributed by atoms with Crippen LogP contribution in [0.2, 0.25) is 0 Å². The number of pyridine rings is 1. The first-order chi connectivity index (χ1) is 7.02. The summed E-state index contributed by atoms with van der Waals surface area (Å²) in [6.07, 6.45) is 1.61. The van der Waals surface area contributed by atoms with E-state index in [1.165, 1.54) is 0 Å². The number of nitrogen functional groups attached to an aromatic ring is 1. The smallest absolute Gasteiger partial charge is 0.236 e. The van der Waals surface area contributed by atoms with Gasteiger partial charge in [0.1, 0.15) is 5.82 Å². The summed E-state index contributed by atoms with van der Waals surface area (Å²) in [4.78, 5) is 16.7. The van der Waals surface area contributed by atoms with Crippen molar-refractivity contribution in [3.63, 3.8) is 0 Å². The van der Waals surface area contributed by atoms with Crippen LogP contribution in [0.3, 0.4) is 0 Å². The monoisotopic (exact) mass is 208 g/mol. The quantitative estimate of drug-likeness (QED) is 0.748. The molecule has 0 spiro atoms. The number of aromatic nitrogens is 1. The molecule has 0 radical (unpaired) electrons. The Balaban J connectivity index is 2.99. The van der Waals surface area contributed by atoms with Crippen LogP contribution in [0.4, 0.5) is 11.5 Å². The van der Waals surface area contributed by atoms with Crippen molar-refractivity contribution in [2.45, 2.75) is 19.9 Å². The molecular weight excluding hydrogens is 192 g/mol. The van der Waals surface area contributed by atoms with E-state index in [1.807, 2.05) is 24.8 Å². The summed E-state index contributed by atoms with van der Waals surface area (Å²) in [5, 5.41) is 0. The van der Waals surface area contributed by atoms with E-state index < -0.39 is 0 Å². The molecule has 0 bridgehead atoms. The summed E-state index contributed by atoms with van der Waals surface area (Å²) >= 11 is 0. The van der Waals surface area contributed by atoms with E-state index in [9.17, 15) is 4.79 Å². The third-order valence-corrected chi connectivity index (χ3v) is 2.08. The highest BCUT2D eigenvalue weighted by Gasteiger charge is 2.15. The molecule has 1 rings (SSSR count). The lowest BCUT2D eigenvalue weighted by Gasteiger charge is -2.28. The number of carbonyl (C=O) groups excluding carboxylic acids is 1. The Morgan fingerprint density at radius 3 is 2.73 bits per heavy atom. The van der Waals surface area contributed by atoms with Crippen molar-refractivity contribution in [2.75, 3.05) is 17.2 Å². The zero-order chi connectivity index (χ0) is 11.4. The molecule has 0 atom stereocenters. The van der Waals surface area contributed by atoms with Gasteiger partial charge >= 0.3 is 0 Å². The molecule has 0 aliphatic heterocycles. The molecule has 0 aliphatic rings. The lowest BCUT2D eigenvalue weighted by Crippen LogP contribution is -2.39. The maximum Gasteiger partial charge on any atom is 0.236 e. The number of nitrogens with zero attached hydrogens (tertiary/aromatic N) is 2. The Labute approximate surface area is 89.1 Å². The van der Waals surface area contributed by atoms with Gasteiger partial charge in [-0.3, -0.25) is 4.79 Å². The van der Waals surface area contributed by atoms with Crippen molar-refractivity contribution in [3.05, 3.63) is 18.3 Å². The molecule has 1 aromatic rings. The molecule has 0 unspecified atom stereocenters. The van der Waals surface area contributed by atoms with E-state index in [0.717, 1.165) is 5.69 Å². The third kappa shape index (κ3) is 2.83. The fourth-order valence-corrected chi connectivity index (χ4v) is 1.37. The molecule has 5 heteroatoms. The van der Waals surface area contributed by atoms with Crippen molar-refractivity contribution < 1.29 is 4.79 Å². The van der Waals surface area contributed by atoms with Crippen LogP contribution in [-0.4, -0.2) is 23.5 Å². The number of primary amides is 1. The highest BCUT2D eigenvalue weighted by molar-refractivity contribution is 5.81. The van der Waals surface area contributed by atoms with Gasteiger partial charge in [-0.05, 0) is 26.0 Å². The van der Waals surface area contributed by atoms with Crippen molar-refractivity contribution in [1.82, 2.24) is 4.98 Å². The first-order valence-electron chi connectivity index (χ1n) is 4.77. The summed E-state index contributed by atoms with van der Waals surface area (Å²) in [7, 11) is 0. The topological polar surface area (TPSA) is 85.2 Å². The first-order valence-corrected chi connectivity index (χ1v) is 4.77. The molecule has 1 aromatic heterocycles. The van der Waals surface area contributed by atoms with E-state index in [0.29, 0.717) is 5.82 Å². The van der Waals surface area contributed by atoms with E-state index >= 15 is 0 Å². The maximum absolute atomic E-state index is 10.9. The highest BCUT2D eigenvalue weighted by Crippen LogP contribution is 2.21. The van der Waals surface area contributed by atoms with E-state index in [4.69, 9.17) is 11.5 Å². The SMILES string of the molecule is CC(C)N(CC(N)=O)c1cccnc1N. The number of rotatable bonds is 4. The van der Waals surface area contributed by atoms with Crippen molar-refractivity contribution in [1.29, 1.82) is 0 Å². The molecular formula is C10H16N4O. The second-order valence-electron chi connectivity index (χ2n) is 3.60. The Bertz CT molecular complexity index is 351. The zero-order valence-electron chi connectivity index (χ0n) is 8.97. The van der Waals surface area contributed by atoms with Gasteiger partial charge in [0.2, 0.25) is 5.91 Å². The molecule has 82 valence electrons. The molecule has 0 aliphatic carbocycles. The van der Waals surface area contributed by atoms with Crippen LogP contribution in [0.5, 0.6) is 0 Å². The van der Waals surface area contributed by atoms with Crippen LogP contribution >= 0.6 is 0 Å². The van der Waals surface area contributed by atoms with Gasteiger partial charge in [-0.15, -0.1) is 0 Å². The summed E-state index contributed by atoms with van der Waals surface area (Å²) < 4.78 is 0. The Morgan fingerprint density at radius 2 is 2.27 bits per heavy atom. The van der Waals surface area contributed by atoms with Crippen LogP contribution in [0.15, 0.2) is 18.3 Å². The van der Waals surface area contributed by atoms with Crippen LogP contribution in [-0.2, 0) is 4.79 Å². The normalized spacial score (nSPS) is 10.3. The lowest BCUT2D eigenvalue weighted by atomic mass is 10.2. The molecule has 0 saturated heterocycles. The van der Waals surface area contributed by atoms with Crippen LogP contribution in [0, 0.1) is 0 Å². The van der Waals surface area contributed by atoms with Gasteiger partial charge in [0.25, 0.3) is 0 Å². The number of anilines is 2. The average molecular weight is 208 g/mol. The van der Waals surface area contributed by atoms with Gasteiger partial charge in [-0.1, -0.05) is 0 Å². The summed E-state index contributed by atoms with van der Waals surface area (Å²) in [5.74, 6) is 0.0272. The van der Waals surface area contributed by atoms with Crippen molar-refractivity contribution in [3.8, 4) is 0 Å². The summed E-state index contributed by atoms with van der Waals surface area (Å²) in [6, 6.07) is 3.75. The van der Waals surface area contributed by atoms with Crippen LogP contribution in [0.1, 0.15) is 13.8 Å². The number of hydrogen-bond acceptors (Lipinski definition) is 4. The highest BCUT2D eigenvalue weighted by atomic mass is 16.1. The number of amides is 1. The Morgan fingerprint density at radius 1 is 1.60 bits per heavy atom. The average Bonchev–Trinajstić information content (AvgIpc) is 2.15. The van der Waals surface area contributed by atoms with Gasteiger partial charge in [0, 0.05) is 12.2 Å².